The van der Waals surface area contributed by atoms with Gasteiger partial charge < -0.3 is 0 Å². The van der Waals surface area contributed by atoms with E-state index in [0.29, 0.717) is 6.54 Å². The molecular weight excluding hydrogens is 342 g/mol. The van der Waals surface area contributed by atoms with Gasteiger partial charge in [0.15, 0.2) is 0 Å². The van der Waals surface area contributed by atoms with Gasteiger partial charge >= 0.3 is 0 Å². The molecule has 0 bridgehead atoms. The molecule has 0 radical (unpaired) electrons. The van der Waals surface area contributed by atoms with Crippen LogP contribution in [0.3, 0.4) is 0 Å². The number of rotatable bonds is 4. The van der Waals surface area contributed by atoms with E-state index in [1.54, 1.807) is 0 Å². The van der Waals surface area contributed by atoms with E-state index in [2.05, 4.69) is 70.2 Å². The first kappa shape index (κ1) is 16.5. The third-order valence-corrected chi connectivity index (χ3v) is 4.91. The fraction of sp³-hybridized carbons (Fsp3) is 0.0400. The highest BCUT2D eigenvalue weighted by Crippen LogP contribution is 2.30. The molecule has 0 saturated heterocycles. The van der Waals surface area contributed by atoms with E-state index in [-0.39, 0.29) is 0 Å². The Morgan fingerprint density at radius 2 is 1.32 bits per heavy atom. The van der Waals surface area contributed by atoms with Crippen LogP contribution in [-0.2, 0) is 6.54 Å². The second-order valence-electron chi connectivity index (χ2n) is 6.75. The Morgan fingerprint density at radius 3 is 2.04 bits per heavy atom. The van der Waals surface area contributed by atoms with E-state index in [1.807, 2.05) is 42.6 Å². The second kappa shape index (κ2) is 7.12. The third kappa shape index (κ3) is 2.97. The summed E-state index contributed by atoms with van der Waals surface area (Å²) in [6.45, 7) is 0.655. The molecule has 3 aromatic carbocycles. The largest absolute Gasteiger partial charge is 0.294 e. The molecule has 2 heterocycles. The number of hydrogen-bond acceptors (Lipinski definition) is 2. The lowest BCUT2D eigenvalue weighted by atomic mass is 10.2. The van der Waals surface area contributed by atoms with Gasteiger partial charge in [-0.1, -0.05) is 72.8 Å². The molecule has 0 amide bonds. The van der Waals surface area contributed by atoms with Crippen molar-refractivity contribution in [2.24, 2.45) is 4.99 Å². The maximum Gasteiger partial charge on any atom is 0.138 e. The summed E-state index contributed by atoms with van der Waals surface area (Å²) in [6, 6.07) is 33.3. The van der Waals surface area contributed by atoms with Crippen molar-refractivity contribution in [1.82, 2.24) is 9.55 Å². The van der Waals surface area contributed by atoms with Crippen molar-refractivity contribution in [2.45, 2.75) is 6.54 Å². The van der Waals surface area contributed by atoms with Crippen LogP contribution in [0.1, 0.15) is 11.3 Å². The zero-order valence-corrected chi connectivity index (χ0v) is 15.4. The summed E-state index contributed by atoms with van der Waals surface area (Å²) in [7, 11) is 0. The summed E-state index contributed by atoms with van der Waals surface area (Å²) < 4.78 is 2.22. The zero-order valence-electron chi connectivity index (χ0n) is 15.4. The monoisotopic (exact) mass is 361 g/mol. The van der Waals surface area contributed by atoms with Crippen LogP contribution in [0.5, 0.6) is 0 Å². The van der Waals surface area contributed by atoms with Crippen molar-refractivity contribution >= 4 is 28.0 Å². The number of nitrogens with zero attached hydrogens (tertiary/aromatic N) is 3. The predicted octanol–water partition coefficient (Wildman–Crippen LogP) is 5.80. The molecule has 3 heteroatoms. The molecule has 0 aliphatic rings. The Hall–Kier alpha value is -3.72. The molecule has 0 unspecified atom stereocenters. The highest BCUT2D eigenvalue weighted by molar-refractivity contribution is 6.09. The Kier molecular flexibility index (Phi) is 4.19. The van der Waals surface area contributed by atoms with Crippen LogP contribution in [-0.4, -0.2) is 15.8 Å². The molecule has 5 rings (SSSR count). The SMILES string of the molecule is C(=NCc1ccccc1)c1cccc(-n2c3ccccc3c3ccccc32)n1. The van der Waals surface area contributed by atoms with Crippen LogP contribution in [0.15, 0.2) is 102 Å². The van der Waals surface area contributed by atoms with Crippen molar-refractivity contribution in [3.63, 3.8) is 0 Å². The highest BCUT2D eigenvalue weighted by Gasteiger charge is 2.11. The summed E-state index contributed by atoms with van der Waals surface area (Å²) >= 11 is 0. The zero-order chi connectivity index (χ0) is 18.8. The van der Waals surface area contributed by atoms with Crippen molar-refractivity contribution < 1.29 is 0 Å². The predicted molar refractivity (Wildman–Crippen MR) is 116 cm³/mol. The molecule has 0 N–H and O–H groups in total. The van der Waals surface area contributed by atoms with Gasteiger partial charge in [-0.3, -0.25) is 9.56 Å². The first-order valence-corrected chi connectivity index (χ1v) is 9.39. The van der Waals surface area contributed by atoms with Gasteiger partial charge in [0.1, 0.15) is 5.82 Å². The lowest BCUT2D eigenvalue weighted by Crippen LogP contribution is -1.99. The topological polar surface area (TPSA) is 30.2 Å². The van der Waals surface area contributed by atoms with Crippen LogP contribution in [0.4, 0.5) is 0 Å². The van der Waals surface area contributed by atoms with Crippen LogP contribution in [0.25, 0.3) is 27.6 Å². The molecule has 0 spiro atoms. The molecule has 0 fully saturated rings. The standard InChI is InChI=1S/C25H19N3/c1-2-9-19(10-3-1)17-26-18-20-11-8-16-25(27-20)28-23-14-6-4-12-21(23)22-13-5-7-15-24(22)28/h1-16,18H,17H2. The molecule has 3 nitrogen and oxygen atoms in total. The van der Waals surface area contributed by atoms with Crippen LogP contribution in [0.2, 0.25) is 0 Å². The van der Waals surface area contributed by atoms with Gasteiger partial charge in [0.05, 0.1) is 23.3 Å². The van der Waals surface area contributed by atoms with Crippen LogP contribution in [0, 0.1) is 0 Å². The van der Waals surface area contributed by atoms with Crippen molar-refractivity contribution in [3.8, 4) is 5.82 Å². The van der Waals surface area contributed by atoms with E-state index in [1.165, 1.54) is 16.3 Å². The maximum absolute atomic E-state index is 4.86. The van der Waals surface area contributed by atoms with Gasteiger partial charge in [-0.05, 0) is 29.8 Å². The lowest BCUT2D eigenvalue weighted by molar-refractivity contribution is 1.06. The molecule has 0 saturated carbocycles. The fourth-order valence-corrected chi connectivity index (χ4v) is 3.63. The van der Waals surface area contributed by atoms with E-state index in [0.717, 1.165) is 22.5 Å². The number of pyridine rings is 1. The minimum Gasteiger partial charge on any atom is -0.294 e. The molecule has 5 aromatic rings. The van der Waals surface area contributed by atoms with Gasteiger partial charge in [0, 0.05) is 17.0 Å². The van der Waals surface area contributed by atoms with Crippen LogP contribution < -0.4 is 0 Å². The van der Waals surface area contributed by atoms with Gasteiger partial charge in [-0.25, -0.2) is 4.98 Å². The number of fused-ring (bicyclic) bond motifs is 3. The van der Waals surface area contributed by atoms with E-state index in [4.69, 9.17) is 4.98 Å². The average molecular weight is 361 g/mol. The molecule has 2 aromatic heterocycles. The first-order valence-electron chi connectivity index (χ1n) is 9.39. The smallest absolute Gasteiger partial charge is 0.138 e. The molecule has 0 atom stereocenters. The maximum atomic E-state index is 4.86. The van der Waals surface area contributed by atoms with E-state index in [9.17, 15) is 0 Å². The summed E-state index contributed by atoms with van der Waals surface area (Å²) in [6.07, 6.45) is 1.85. The van der Waals surface area contributed by atoms with Crippen molar-refractivity contribution in [2.75, 3.05) is 0 Å². The van der Waals surface area contributed by atoms with E-state index >= 15 is 0 Å². The summed E-state index contributed by atoms with van der Waals surface area (Å²) in [5.74, 6) is 0.904. The van der Waals surface area contributed by atoms with Crippen molar-refractivity contribution in [3.05, 3.63) is 108 Å². The molecule has 0 aliphatic heterocycles. The minimum absolute atomic E-state index is 0.655. The lowest BCUT2D eigenvalue weighted by Gasteiger charge is -2.07. The Labute approximate surface area is 163 Å². The van der Waals surface area contributed by atoms with Gasteiger partial charge in [-0.15, -0.1) is 0 Å². The van der Waals surface area contributed by atoms with Gasteiger partial charge in [0.2, 0.25) is 0 Å². The number of hydrogen-bond donors (Lipinski definition) is 0. The number of para-hydroxylation sites is 2. The number of aliphatic imine (C=N–C) groups is 1. The normalized spacial score (nSPS) is 11.6. The first-order chi connectivity index (χ1) is 13.9. The Morgan fingerprint density at radius 1 is 0.679 bits per heavy atom. The second-order valence-corrected chi connectivity index (χ2v) is 6.75. The summed E-state index contributed by atoms with van der Waals surface area (Å²) in [5, 5.41) is 2.48. The number of benzene rings is 3. The Balaban J connectivity index is 1.56. The summed E-state index contributed by atoms with van der Waals surface area (Å²) in [4.78, 5) is 9.42. The fourth-order valence-electron chi connectivity index (χ4n) is 3.63. The third-order valence-electron chi connectivity index (χ3n) is 4.91. The average Bonchev–Trinajstić information content (AvgIpc) is 3.09. The van der Waals surface area contributed by atoms with Crippen LogP contribution >= 0.6 is 0 Å². The van der Waals surface area contributed by atoms with Gasteiger partial charge in [-0.2, -0.15) is 0 Å². The molecule has 0 aliphatic carbocycles. The molecular formula is C25H19N3. The molecule has 134 valence electrons. The minimum atomic E-state index is 0.655. The van der Waals surface area contributed by atoms with Crippen molar-refractivity contribution in [1.29, 1.82) is 0 Å². The van der Waals surface area contributed by atoms with Gasteiger partial charge in [0.25, 0.3) is 0 Å². The summed E-state index contributed by atoms with van der Waals surface area (Å²) in [5.41, 5.74) is 4.37. The number of aromatic nitrogens is 2. The van der Waals surface area contributed by atoms with E-state index < -0.39 is 0 Å². The Bertz CT molecular complexity index is 1230. The quantitative estimate of drug-likeness (QED) is 0.372. The molecule has 28 heavy (non-hydrogen) atoms. The highest BCUT2D eigenvalue weighted by atomic mass is 15.1.